The molecule has 1 rings (SSSR count). The first kappa shape index (κ1) is 12.0. The predicted octanol–water partition coefficient (Wildman–Crippen LogP) is 3.20. The number of halogens is 3. The van der Waals surface area contributed by atoms with E-state index < -0.39 is 22.2 Å². The summed E-state index contributed by atoms with van der Waals surface area (Å²) in [5.41, 5.74) is -0.951. The van der Waals surface area contributed by atoms with Crippen LogP contribution < -0.4 is 0 Å². The highest BCUT2D eigenvalue weighted by Crippen LogP contribution is 2.25. The lowest BCUT2D eigenvalue weighted by Crippen LogP contribution is -2.05. The number of nitro benzene ring substituents is 1. The highest BCUT2D eigenvalue weighted by molar-refractivity contribution is 9.09. The number of hydrogen-bond donors (Lipinski definition) is 0. The fourth-order valence-electron chi connectivity index (χ4n) is 1.19. The monoisotopic (exact) mass is 279 g/mol. The summed E-state index contributed by atoms with van der Waals surface area (Å²) in [5.74, 6) is -1.85. The van der Waals surface area contributed by atoms with Gasteiger partial charge in [0, 0.05) is 16.5 Å². The standard InChI is InChI=1S/C9H8BrF2NO2/c1-5(10)4-6-7(11)2-3-8(9(6)12)13(14)15/h2-3,5H,4H2,1H3. The molecule has 3 nitrogen and oxygen atoms in total. The van der Waals surface area contributed by atoms with Crippen LogP contribution >= 0.6 is 15.9 Å². The van der Waals surface area contributed by atoms with E-state index in [4.69, 9.17) is 0 Å². The molecule has 0 fully saturated rings. The van der Waals surface area contributed by atoms with Gasteiger partial charge in [-0.1, -0.05) is 22.9 Å². The second-order valence-corrected chi connectivity index (χ2v) is 4.66. The molecule has 0 saturated carbocycles. The molecule has 0 aliphatic carbocycles. The molecule has 0 N–H and O–H groups in total. The van der Waals surface area contributed by atoms with Crippen LogP contribution in [0.3, 0.4) is 0 Å². The maximum Gasteiger partial charge on any atom is 0.305 e. The van der Waals surface area contributed by atoms with Gasteiger partial charge in [-0.3, -0.25) is 10.1 Å². The highest BCUT2D eigenvalue weighted by Gasteiger charge is 2.21. The molecule has 6 heteroatoms. The Balaban J connectivity index is 3.24. The van der Waals surface area contributed by atoms with Crippen molar-refractivity contribution < 1.29 is 13.7 Å². The lowest BCUT2D eigenvalue weighted by molar-refractivity contribution is -0.387. The molecule has 15 heavy (non-hydrogen) atoms. The van der Waals surface area contributed by atoms with Crippen molar-refractivity contribution in [3.63, 3.8) is 0 Å². The molecule has 82 valence electrons. The van der Waals surface area contributed by atoms with E-state index in [0.29, 0.717) is 0 Å². The summed E-state index contributed by atoms with van der Waals surface area (Å²) in [6.07, 6.45) is 0.0688. The van der Waals surface area contributed by atoms with Gasteiger partial charge in [-0.05, 0) is 12.5 Å². The van der Waals surface area contributed by atoms with Crippen molar-refractivity contribution in [3.8, 4) is 0 Å². The smallest absolute Gasteiger partial charge is 0.258 e. The molecule has 0 spiro atoms. The zero-order valence-corrected chi connectivity index (χ0v) is 9.42. The van der Waals surface area contributed by atoms with Gasteiger partial charge in [0.05, 0.1) is 4.92 Å². The van der Waals surface area contributed by atoms with Gasteiger partial charge >= 0.3 is 5.69 Å². The Bertz CT molecular complexity index is 396. The SMILES string of the molecule is CC(Br)Cc1c(F)ccc([N+](=O)[O-])c1F. The number of nitrogens with zero attached hydrogens (tertiary/aromatic N) is 1. The zero-order chi connectivity index (χ0) is 11.6. The van der Waals surface area contributed by atoms with Crippen LogP contribution in [0.15, 0.2) is 12.1 Å². The van der Waals surface area contributed by atoms with Gasteiger partial charge in [0.1, 0.15) is 5.82 Å². The Hall–Kier alpha value is -1.04. The third-order valence-electron chi connectivity index (χ3n) is 1.85. The molecular weight excluding hydrogens is 272 g/mol. The Labute approximate surface area is 93.4 Å². The van der Waals surface area contributed by atoms with E-state index in [1.54, 1.807) is 6.92 Å². The van der Waals surface area contributed by atoms with Crippen molar-refractivity contribution in [2.45, 2.75) is 18.2 Å². The lowest BCUT2D eigenvalue weighted by Gasteiger charge is -2.06. The molecule has 1 aromatic carbocycles. The number of rotatable bonds is 3. The molecule has 0 heterocycles. The molecule has 0 aliphatic heterocycles. The molecule has 1 atom stereocenters. The summed E-state index contributed by atoms with van der Waals surface area (Å²) in [7, 11) is 0. The summed E-state index contributed by atoms with van der Waals surface area (Å²) >= 11 is 3.14. The summed E-state index contributed by atoms with van der Waals surface area (Å²) in [6.45, 7) is 1.71. The zero-order valence-electron chi connectivity index (χ0n) is 7.84. The normalized spacial score (nSPS) is 12.5. The van der Waals surface area contributed by atoms with Gasteiger partial charge in [0.2, 0.25) is 5.82 Å². The Morgan fingerprint density at radius 1 is 1.53 bits per heavy atom. The topological polar surface area (TPSA) is 43.1 Å². The summed E-state index contributed by atoms with van der Waals surface area (Å²) in [6, 6.07) is 1.74. The van der Waals surface area contributed by atoms with Crippen molar-refractivity contribution in [3.05, 3.63) is 39.4 Å². The Morgan fingerprint density at radius 3 is 2.60 bits per heavy atom. The highest BCUT2D eigenvalue weighted by atomic mass is 79.9. The Kier molecular flexibility index (Phi) is 3.73. The third kappa shape index (κ3) is 2.71. The van der Waals surface area contributed by atoms with E-state index >= 15 is 0 Å². The summed E-state index contributed by atoms with van der Waals surface area (Å²) < 4.78 is 26.6. The first-order valence-electron chi connectivity index (χ1n) is 4.18. The molecule has 1 aromatic rings. The largest absolute Gasteiger partial charge is 0.305 e. The van der Waals surface area contributed by atoms with E-state index in [2.05, 4.69) is 15.9 Å². The molecule has 0 amide bonds. The minimum absolute atomic E-state index is 0.0688. The first-order valence-corrected chi connectivity index (χ1v) is 5.10. The van der Waals surface area contributed by atoms with Gasteiger partial charge in [0.25, 0.3) is 0 Å². The van der Waals surface area contributed by atoms with E-state index in [-0.39, 0.29) is 16.8 Å². The number of hydrogen-bond acceptors (Lipinski definition) is 2. The van der Waals surface area contributed by atoms with E-state index in [9.17, 15) is 18.9 Å². The number of alkyl halides is 1. The molecular formula is C9H8BrF2NO2. The summed E-state index contributed by atoms with van der Waals surface area (Å²) in [4.78, 5) is 9.39. The molecule has 0 radical (unpaired) electrons. The number of nitro groups is 1. The van der Waals surface area contributed by atoms with Crippen molar-refractivity contribution in [1.82, 2.24) is 0 Å². The van der Waals surface area contributed by atoms with Gasteiger partial charge in [-0.2, -0.15) is 4.39 Å². The quantitative estimate of drug-likeness (QED) is 0.484. The number of benzene rings is 1. The average molecular weight is 280 g/mol. The van der Waals surface area contributed by atoms with Crippen molar-refractivity contribution in [2.75, 3.05) is 0 Å². The van der Waals surface area contributed by atoms with Crippen molar-refractivity contribution in [2.24, 2.45) is 0 Å². The van der Waals surface area contributed by atoms with Crippen LogP contribution in [0.1, 0.15) is 12.5 Å². The maximum absolute atomic E-state index is 13.4. The predicted molar refractivity (Wildman–Crippen MR) is 55.1 cm³/mol. The lowest BCUT2D eigenvalue weighted by atomic mass is 10.1. The van der Waals surface area contributed by atoms with E-state index in [0.717, 1.165) is 12.1 Å². The second-order valence-electron chi connectivity index (χ2n) is 3.10. The van der Waals surface area contributed by atoms with Crippen molar-refractivity contribution >= 4 is 21.6 Å². The summed E-state index contributed by atoms with van der Waals surface area (Å²) in [5, 5.41) is 10.4. The van der Waals surface area contributed by atoms with Crippen LogP contribution in [-0.4, -0.2) is 9.75 Å². The van der Waals surface area contributed by atoms with Gasteiger partial charge in [-0.15, -0.1) is 0 Å². The minimum atomic E-state index is -1.09. The molecule has 0 saturated heterocycles. The molecule has 0 aromatic heterocycles. The maximum atomic E-state index is 13.4. The van der Waals surface area contributed by atoms with E-state index in [1.165, 1.54) is 0 Å². The van der Waals surface area contributed by atoms with Crippen molar-refractivity contribution in [1.29, 1.82) is 0 Å². The Morgan fingerprint density at radius 2 is 2.13 bits per heavy atom. The second kappa shape index (κ2) is 4.65. The van der Waals surface area contributed by atoms with Crippen LogP contribution in [0.2, 0.25) is 0 Å². The molecule has 1 unspecified atom stereocenters. The van der Waals surface area contributed by atoms with Gasteiger partial charge < -0.3 is 0 Å². The fourth-order valence-corrected chi connectivity index (χ4v) is 1.52. The molecule has 0 aliphatic rings. The molecule has 0 bridgehead atoms. The van der Waals surface area contributed by atoms with Crippen LogP contribution in [0, 0.1) is 21.7 Å². The van der Waals surface area contributed by atoms with Crippen LogP contribution in [-0.2, 0) is 6.42 Å². The van der Waals surface area contributed by atoms with Crippen LogP contribution in [0.4, 0.5) is 14.5 Å². The first-order chi connectivity index (χ1) is 6.93. The van der Waals surface area contributed by atoms with Crippen LogP contribution in [0.5, 0.6) is 0 Å². The van der Waals surface area contributed by atoms with E-state index in [1.807, 2.05) is 0 Å². The fraction of sp³-hybridized carbons (Fsp3) is 0.333. The van der Waals surface area contributed by atoms with Gasteiger partial charge in [0.15, 0.2) is 0 Å². The van der Waals surface area contributed by atoms with Crippen LogP contribution in [0.25, 0.3) is 0 Å². The minimum Gasteiger partial charge on any atom is -0.258 e. The third-order valence-corrected chi connectivity index (χ3v) is 2.17. The van der Waals surface area contributed by atoms with Gasteiger partial charge in [-0.25, -0.2) is 4.39 Å². The average Bonchev–Trinajstić information content (AvgIpc) is 2.11.